The molecule has 0 saturated heterocycles. The first-order valence-corrected chi connectivity index (χ1v) is 8.23. The minimum atomic E-state index is -1.18. The zero-order valence-corrected chi connectivity index (χ0v) is 14.9. The largest absolute Gasteiger partial charge is 0.480 e. The number of carboxylic acid groups (broad SMARTS) is 1. The van der Waals surface area contributed by atoms with E-state index in [4.69, 9.17) is 10.8 Å². The van der Waals surface area contributed by atoms with E-state index >= 15 is 0 Å². The molecule has 4 unspecified atom stereocenters. The van der Waals surface area contributed by atoms with E-state index in [2.05, 4.69) is 28.6 Å². The SMILES string of the molecule is CCC(C)C(NC(=O)CNC(=O)C(N)CS)C(=O)NC(C)C(=O)O. The van der Waals surface area contributed by atoms with Crippen molar-refractivity contribution in [1.29, 1.82) is 0 Å². The second-order valence-corrected chi connectivity index (χ2v) is 5.87. The molecule has 24 heavy (non-hydrogen) atoms. The number of rotatable bonds is 10. The van der Waals surface area contributed by atoms with Crippen molar-refractivity contribution in [3.05, 3.63) is 0 Å². The molecule has 6 N–H and O–H groups in total. The van der Waals surface area contributed by atoms with Crippen LogP contribution in [-0.2, 0) is 19.2 Å². The third-order valence-corrected chi connectivity index (χ3v) is 3.89. The minimum Gasteiger partial charge on any atom is -0.480 e. The summed E-state index contributed by atoms with van der Waals surface area (Å²) in [6, 6.07) is -2.81. The highest BCUT2D eigenvalue weighted by Crippen LogP contribution is 2.08. The van der Waals surface area contributed by atoms with Crippen LogP contribution in [0.15, 0.2) is 0 Å². The van der Waals surface area contributed by atoms with Crippen LogP contribution in [0.1, 0.15) is 27.2 Å². The lowest BCUT2D eigenvalue weighted by molar-refractivity contribution is -0.142. The highest BCUT2D eigenvalue weighted by atomic mass is 32.1. The van der Waals surface area contributed by atoms with E-state index in [-0.39, 0.29) is 18.2 Å². The summed E-state index contributed by atoms with van der Waals surface area (Å²) >= 11 is 3.88. The molecule has 0 aliphatic rings. The third-order valence-electron chi connectivity index (χ3n) is 3.50. The Hall–Kier alpha value is -1.81. The Balaban J connectivity index is 4.73. The Morgan fingerprint density at radius 2 is 1.71 bits per heavy atom. The van der Waals surface area contributed by atoms with Crippen LogP contribution in [0.25, 0.3) is 0 Å². The molecule has 0 aromatic heterocycles. The van der Waals surface area contributed by atoms with Gasteiger partial charge in [-0.3, -0.25) is 19.2 Å². The van der Waals surface area contributed by atoms with Gasteiger partial charge in [0.25, 0.3) is 0 Å². The van der Waals surface area contributed by atoms with Crippen LogP contribution in [-0.4, -0.2) is 59.2 Å². The number of carbonyl (C=O) groups excluding carboxylic acids is 3. The maximum absolute atomic E-state index is 12.2. The van der Waals surface area contributed by atoms with Gasteiger partial charge < -0.3 is 26.8 Å². The van der Waals surface area contributed by atoms with Gasteiger partial charge in [-0.15, -0.1) is 0 Å². The van der Waals surface area contributed by atoms with Crippen molar-refractivity contribution in [3.8, 4) is 0 Å². The van der Waals surface area contributed by atoms with Gasteiger partial charge in [-0.2, -0.15) is 12.6 Å². The van der Waals surface area contributed by atoms with Gasteiger partial charge in [0.2, 0.25) is 17.7 Å². The Kier molecular flexibility index (Phi) is 10.0. The molecule has 10 heteroatoms. The summed E-state index contributed by atoms with van der Waals surface area (Å²) < 4.78 is 0. The van der Waals surface area contributed by atoms with Gasteiger partial charge in [0.15, 0.2) is 0 Å². The van der Waals surface area contributed by atoms with E-state index in [1.807, 2.05) is 6.92 Å². The molecule has 0 aromatic rings. The fraction of sp³-hybridized carbons (Fsp3) is 0.714. The molecule has 0 rings (SSSR count). The number of nitrogens with two attached hydrogens (primary N) is 1. The lowest BCUT2D eigenvalue weighted by Crippen LogP contribution is -2.55. The van der Waals surface area contributed by atoms with Gasteiger partial charge in [-0.05, 0) is 12.8 Å². The average molecular weight is 362 g/mol. The maximum Gasteiger partial charge on any atom is 0.325 e. The van der Waals surface area contributed by atoms with Gasteiger partial charge in [0.05, 0.1) is 12.6 Å². The zero-order valence-electron chi connectivity index (χ0n) is 14.0. The number of hydrogen-bond donors (Lipinski definition) is 6. The standard InChI is InChI=1S/C14H26N4O5S/c1-4-7(2)11(13(21)17-8(3)14(22)23)18-10(19)5-16-12(20)9(15)6-24/h7-9,11,24H,4-6,15H2,1-3H3,(H,16,20)(H,17,21)(H,18,19)(H,22,23). The normalized spacial score (nSPS) is 15.5. The molecule has 0 heterocycles. The summed E-state index contributed by atoms with van der Waals surface area (Å²) in [5.41, 5.74) is 5.47. The third kappa shape index (κ3) is 7.64. The number of carboxylic acids is 1. The minimum absolute atomic E-state index is 0.137. The second-order valence-electron chi connectivity index (χ2n) is 5.51. The quantitative estimate of drug-likeness (QED) is 0.260. The van der Waals surface area contributed by atoms with Crippen LogP contribution in [0.5, 0.6) is 0 Å². The molecule has 0 radical (unpaired) electrons. The maximum atomic E-state index is 12.2. The van der Waals surface area contributed by atoms with Crippen LogP contribution >= 0.6 is 12.6 Å². The van der Waals surface area contributed by atoms with Crippen molar-refractivity contribution in [2.75, 3.05) is 12.3 Å². The molecule has 0 aliphatic heterocycles. The van der Waals surface area contributed by atoms with Crippen molar-refractivity contribution in [2.45, 2.75) is 45.3 Å². The number of nitrogens with one attached hydrogen (secondary N) is 3. The zero-order chi connectivity index (χ0) is 18.9. The molecule has 0 bridgehead atoms. The number of hydrogen-bond acceptors (Lipinski definition) is 6. The molecular formula is C14H26N4O5S. The predicted octanol–water partition coefficient (Wildman–Crippen LogP) is -1.52. The molecule has 0 aromatic carbocycles. The molecule has 4 atom stereocenters. The highest BCUT2D eigenvalue weighted by Gasteiger charge is 2.28. The lowest BCUT2D eigenvalue weighted by atomic mass is 9.98. The summed E-state index contributed by atoms with van der Waals surface area (Å²) in [6.45, 7) is 4.58. The lowest BCUT2D eigenvalue weighted by Gasteiger charge is -2.24. The molecule has 0 saturated carbocycles. The monoisotopic (exact) mass is 362 g/mol. The number of thiol groups is 1. The molecule has 9 nitrogen and oxygen atoms in total. The summed E-state index contributed by atoms with van der Waals surface area (Å²) in [7, 11) is 0. The van der Waals surface area contributed by atoms with Crippen LogP contribution in [0.4, 0.5) is 0 Å². The van der Waals surface area contributed by atoms with Crippen molar-refractivity contribution in [1.82, 2.24) is 16.0 Å². The molecule has 0 spiro atoms. The summed E-state index contributed by atoms with van der Waals surface area (Å²) in [5.74, 6) is -2.94. The van der Waals surface area contributed by atoms with E-state index < -0.39 is 41.8 Å². The molecular weight excluding hydrogens is 336 g/mol. The average Bonchev–Trinajstić information content (AvgIpc) is 2.55. The Morgan fingerprint density at radius 1 is 1.12 bits per heavy atom. The molecule has 3 amide bonds. The van der Waals surface area contributed by atoms with Gasteiger partial charge in [0.1, 0.15) is 12.1 Å². The topological polar surface area (TPSA) is 151 Å². The van der Waals surface area contributed by atoms with Crippen LogP contribution in [0.2, 0.25) is 0 Å². The fourth-order valence-electron chi connectivity index (χ4n) is 1.67. The summed E-state index contributed by atoms with van der Waals surface area (Å²) in [6.07, 6.45) is 0.594. The van der Waals surface area contributed by atoms with Crippen molar-refractivity contribution in [3.63, 3.8) is 0 Å². The number of carbonyl (C=O) groups is 4. The first-order chi connectivity index (χ1) is 11.1. The predicted molar refractivity (Wildman–Crippen MR) is 91.5 cm³/mol. The Morgan fingerprint density at radius 3 is 2.17 bits per heavy atom. The van der Waals surface area contributed by atoms with E-state index in [1.165, 1.54) is 6.92 Å². The van der Waals surface area contributed by atoms with E-state index in [9.17, 15) is 19.2 Å². The van der Waals surface area contributed by atoms with E-state index in [0.717, 1.165) is 0 Å². The van der Waals surface area contributed by atoms with Crippen LogP contribution in [0, 0.1) is 5.92 Å². The molecule has 0 fully saturated rings. The van der Waals surface area contributed by atoms with Crippen molar-refractivity contribution in [2.24, 2.45) is 11.7 Å². The van der Waals surface area contributed by atoms with Crippen molar-refractivity contribution < 1.29 is 24.3 Å². The number of aliphatic carboxylic acids is 1. The van der Waals surface area contributed by atoms with Gasteiger partial charge >= 0.3 is 5.97 Å². The van der Waals surface area contributed by atoms with E-state index in [1.54, 1.807) is 6.92 Å². The first-order valence-electron chi connectivity index (χ1n) is 7.60. The Labute approximate surface area is 146 Å². The fourth-order valence-corrected chi connectivity index (χ4v) is 1.84. The van der Waals surface area contributed by atoms with Crippen LogP contribution < -0.4 is 21.7 Å². The van der Waals surface area contributed by atoms with Gasteiger partial charge in [-0.25, -0.2) is 0 Å². The smallest absolute Gasteiger partial charge is 0.325 e. The molecule has 0 aliphatic carbocycles. The number of amides is 3. The summed E-state index contributed by atoms with van der Waals surface area (Å²) in [4.78, 5) is 46.4. The second kappa shape index (κ2) is 10.9. The van der Waals surface area contributed by atoms with Gasteiger partial charge in [0, 0.05) is 5.75 Å². The van der Waals surface area contributed by atoms with E-state index in [0.29, 0.717) is 6.42 Å². The highest BCUT2D eigenvalue weighted by molar-refractivity contribution is 7.80. The van der Waals surface area contributed by atoms with Crippen LogP contribution in [0.3, 0.4) is 0 Å². The molecule has 138 valence electrons. The summed E-state index contributed by atoms with van der Waals surface area (Å²) in [5, 5.41) is 16.0. The van der Waals surface area contributed by atoms with Gasteiger partial charge in [-0.1, -0.05) is 20.3 Å². The first kappa shape index (κ1) is 22.2. The van der Waals surface area contributed by atoms with Crippen molar-refractivity contribution >= 4 is 36.3 Å². The Bertz CT molecular complexity index is 474.